The molecule has 2 nitrogen and oxygen atoms in total. The molecule has 1 saturated carbocycles. The van der Waals surface area contributed by atoms with Crippen molar-refractivity contribution in [2.45, 2.75) is 129 Å². The Bertz CT molecular complexity index is 934. The number of rotatable bonds is 9. The highest BCUT2D eigenvalue weighted by Crippen LogP contribution is 2.67. The van der Waals surface area contributed by atoms with Crippen molar-refractivity contribution in [2.75, 3.05) is 0 Å². The largest absolute Gasteiger partial charge is 0.490 e. The molecular weight excluding hydrogens is 490 g/mol. The first kappa shape index (κ1) is 30.4. The van der Waals surface area contributed by atoms with E-state index in [1.807, 2.05) is 0 Å². The maximum atomic E-state index is 6.46. The Balaban J connectivity index is 2.18. The Morgan fingerprint density at radius 2 is 1.11 bits per heavy atom. The van der Waals surface area contributed by atoms with Crippen molar-refractivity contribution in [3.8, 4) is 11.5 Å². The lowest BCUT2D eigenvalue weighted by atomic mass is 10.0. The fourth-order valence-electron chi connectivity index (χ4n) is 6.78. The number of hydrogen-bond acceptors (Lipinski definition) is 2. The van der Waals surface area contributed by atoms with Crippen LogP contribution in [0, 0.1) is 5.92 Å². The maximum Gasteiger partial charge on any atom is 0.127 e. The lowest BCUT2D eigenvalue weighted by Crippen LogP contribution is -2.37. The molecule has 0 aromatic heterocycles. The minimum Gasteiger partial charge on any atom is -0.490 e. The fraction of sp³-hybridized carbons (Fsp3) is 0.636. The number of ether oxygens (including phenoxy) is 2. The van der Waals surface area contributed by atoms with E-state index in [1.165, 1.54) is 29.9 Å². The lowest BCUT2D eigenvalue weighted by molar-refractivity contribution is 0.244. The first-order valence-corrected chi connectivity index (χ1v) is 17.1. The zero-order valence-corrected chi connectivity index (χ0v) is 27.1. The minimum atomic E-state index is -0.663. The lowest BCUT2D eigenvalue weighted by Gasteiger charge is -2.49. The molecule has 3 rings (SSSR count). The zero-order chi connectivity index (χ0) is 27.5. The van der Waals surface area contributed by atoms with Crippen LogP contribution < -0.4 is 20.1 Å². The van der Waals surface area contributed by atoms with Crippen LogP contribution in [0.2, 0.25) is 0 Å². The van der Waals surface area contributed by atoms with Crippen molar-refractivity contribution in [1.82, 2.24) is 0 Å². The van der Waals surface area contributed by atoms with Crippen molar-refractivity contribution in [1.29, 1.82) is 0 Å². The quantitative estimate of drug-likeness (QED) is 0.294. The average Bonchev–Trinajstić information content (AvgIpc) is 3.23. The highest BCUT2D eigenvalue weighted by molar-refractivity contribution is 7.74. The first-order valence-electron chi connectivity index (χ1n) is 14.3. The smallest absolute Gasteiger partial charge is 0.127 e. The second kappa shape index (κ2) is 12.4. The Morgan fingerprint density at radius 1 is 0.676 bits per heavy atom. The average molecular weight is 543 g/mol. The normalized spacial score (nSPS) is 19.8. The summed E-state index contributed by atoms with van der Waals surface area (Å²) in [5, 5.41) is 3.40. The molecule has 1 fully saturated rings. The summed E-state index contributed by atoms with van der Waals surface area (Å²) in [5.74, 6) is 2.81. The second-order valence-corrected chi connectivity index (χ2v) is 19.9. The van der Waals surface area contributed by atoms with Crippen LogP contribution in [-0.2, 0) is 0 Å². The molecule has 0 N–H and O–H groups in total. The van der Waals surface area contributed by atoms with Gasteiger partial charge in [0.05, 0.1) is 12.2 Å². The van der Waals surface area contributed by atoms with Crippen LogP contribution in [0.15, 0.2) is 48.5 Å². The van der Waals surface area contributed by atoms with Gasteiger partial charge in [0.1, 0.15) is 11.5 Å². The molecule has 1 aliphatic rings. The van der Waals surface area contributed by atoms with Crippen LogP contribution in [0.5, 0.6) is 11.5 Å². The van der Waals surface area contributed by atoms with E-state index in [0.717, 1.165) is 11.5 Å². The molecule has 0 radical (unpaired) electrons. The van der Waals surface area contributed by atoms with Gasteiger partial charge in [-0.1, -0.05) is 99.2 Å². The molecule has 0 unspecified atom stereocenters. The molecule has 1 aliphatic carbocycles. The molecule has 0 bridgehead atoms. The molecule has 3 atom stereocenters. The molecule has 2 aromatic rings. The second-order valence-electron chi connectivity index (χ2n) is 13.3. The van der Waals surface area contributed by atoms with Gasteiger partial charge in [-0.05, 0) is 88.1 Å². The molecule has 0 spiro atoms. The van der Waals surface area contributed by atoms with E-state index in [9.17, 15) is 0 Å². The van der Waals surface area contributed by atoms with Gasteiger partial charge in [-0.2, -0.15) is 0 Å². The van der Waals surface area contributed by atoms with E-state index < -0.39 is 7.92 Å². The Labute approximate surface area is 230 Å². The van der Waals surface area contributed by atoms with E-state index in [4.69, 9.17) is 9.47 Å². The molecule has 0 heterocycles. The van der Waals surface area contributed by atoms with Gasteiger partial charge in [-0.3, -0.25) is 0 Å². The predicted octanol–water partition coefficient (Wildman–Crippen LogP) is 9.33. The summed E-state index contributed by atoms with van der Waals surface area (Å²) in [6.07, 6.45) is 4.22. The molecule has 206 valence electrons. The maximum absolute atomic E-state index is 6.46. The zero-order valence-electron chi connectivity index (χ0n) is 25.3. The Morgan fingerprint density at radius 3 is 1.51 bits per heavy atom. The number of hydrogen-bond donors (Lipinski definition) is 0. The minimum absolute atomic E-state index is 0.146. The van der Waals surface area contributed by atoms with Crippen LogP contribution >= 0.6 is 15.8 Å². The predicted molar refractivity (Wildman–Crippen MR) is 168 cm³/mol. The van der Waals surface area contributed by atoms with E-state index >= 15 is 0 Å². The molecule has 0 amide bonds. The fourth-order valence-corrected chi connectivity index (χ4v) is 15.5. The van der Waals surface area contributed by atoms with Crippen molar-refractivity contribution < 1.29 is 9.47 Å². The van der Waals surface area contributed by atoms with Crippen LogP contribution in [0.3, 0.4) is 0 Å². The summed E-state index contributed by atoms with van der Waals surface area (Å²) in [6.45, 7) is 26.0. The Hall–Kier alpha value is -1.10. The van der Waals surface area contributed by atoms with Crippen LogP contribution in [-0.4, -0.2) is 33.8 Å². The van der Waals surface area contributed by atoms with Crippen LogP contribution in [0.1, 0.15) is 95.4 Å². The van der Waals surface area contributed by atoms with Crippen molar-refractivity contribution in [3.63, 3.8) is 0 Å². The summed E-state index contributed by atoms with van der Waals surface area (Å²) in [6, 6.07) is 17.7. The van der Waals surface area contributed by atoms with Gasteiger partial charge in [-0.25, -0.2) is 0 Å². The third-order valence-corrected chi connectivity index (χ3v) is 14.5. The highest BCUT2D eigenvalue weighted by Gasteiger charge is 2.47. The van der Waals surface area contributed by atoms with Gasteiger partial charge in [-0.15, -0.1) is 0 Å². The number of benzene rings is 2. The van der Waals surface area contributed by atoms with Gasteiger partial charge < -0.3 is 9.47 Å². The topological polar surface area (TPSA) is 18.5 Å². The number of para-hydroxylation sites is 2. The van der Waals surface area contributed by atoms with Gasteiger partial charge in [0.25, 0.3) is 0 Å². The molecule has 37 heavy (non-hydrogen) atoms. The van der Waals surface area contributed by atoms with Crippen LogP contribution in [0.4, 0.5) is 0 Å². The monoisotopic (exact) mass is 542 g/mol. The van der Waals surface area contributed by atoms with Crippen molar-refractivity contribution >= 4 is 26.5 Å². The SMILES string of the molecule is CC(C)Oc1ccccc1P(c1ccccc1OC(C)C)[C@H]1CCC[C@H]1[C@@H](C)P(C(C)(C)C)C(C)(C)C. The van der Waals surface area contributed by atoms with Gasteiger partial charge in [0.15, 0.2) is 0 Å². The molecule has 4 heteroatoms. The molecular formula is C33H52O2P2. The molecule has 0 aliphatic heterocycles. The highest BCUT2D eigenvalue weighted by atomic mass is 31.1. The van der Waals surface area contributed by atoms with Crippen molar-refractivity contribution in [2.24, 2.45) is 5.92 Å². The Kier molecular flexibility index (Phi) is 10.2. The summed E-state index contributed by atoms with van der Waals surface area (Å²) < 4.78 is 12.9. The third-order valence-electron chi connectivity index (χ3n) is 7.31. The van der Waals surface area contributed by atoms with E-state index in [-0.39, 0.29) is 20.1 Å². The van der Waals surface area contributed by atoms with Gasteiger partial charge >= 0.3 is 0 Å². The summed E-state index contributed by atoms with van der Waals surface area (Å²) >= 11 is 0. The summed E-state index contributed by atoms with van der Waals surface area (Å²) in [5.41, 5.74) is 1.32. The summed E-state index contributed by atoms with van der Waals surface area (Å²) in [4.78, 5) is 0. The van der Waals surface area contributed by atoms with E-state index in [0.29, 0.717) is 27.5 Å². The van der Waals surface area contributed by atoms with Crippen LogP contribution in [0.25, 0.3) is 0 Å². The van der Waals surface area contributed by atoms with Crippen molar-refractivity contribution in [3.05, 3.63) is 48.5 Å². The molecule has 2 aromatic carbocycles. The van der Waals surface area contributed by atoms with E-state index in [2.05, 4.69) is 125 Å². The third kappa shape index (κ3) is 7.51. The summed E-state index contributed by atoms with van der Waals surface area (Å²) in [7, 11) is -0.862. The first-order chi connectivity index (χ1) is 17.2. The van der Waals surface area contributed by atoms with E-state index in [1.54, 1.807) is 0 Å². The van der Waals surface area contributed by atoms with Gasteiger partial charge in [0.2, 0.25) is 0 Å². The standard InChI is InChI=1S/C33H52O2P2/c1-23(2)34-27-18-12-14-20-30(27)36(31-21-15-13-19-28(31)35-24(3)4)29-22-16-17-26(29)25(5)37(32(6,7)8)33(9,10)11/h12-15,18-21,23-26,29H,16-17,22H2,1-11H3/t25-,26+,29+/m1/s1. The van der Waals surface area contributed by atoms with Gasteiger partial charge in [0, 0.05) is 10.6 Å². The molecule has 0 saturated heterocycles.